The zero-order valence-electron chi connectivity index (χ0n) is 14.0. The molecule has 0 bridgehead atoms. The number of hydrogen-bond acceptors (Lipinski definition) is 3. The molecule has 0 amide bonds. The van der Waals surface area contributed by atoms with Gasteiger partial charge in [0.05, 0.1) is 12.2 Å². The summed E-state index contributed by atoms with van der Waals surface area (Å²) in [6, 6.07) is 12.0. The Kier molecular flexibility index (Phi) is 6.10. The second-order valence-electron chi connectivity index (χ2n) is 5.82. The average molecular weight is 311 g/mol. The zero-order valence-corrected chi connectivity index (χ0v) is 14.0. The summed E-state index contributed by atoms with van der Waals surface area (Å²) in [5.74, 6) is 0.858. The predicted molar refractivity (Wildman–Crippen MR) is 93.5 cm³/mol. The highest BCUT2D eigenvalue weighted by Crippen LogP contribution is 2.21. The van der Waals surface area contributed by atoms with E-state index in [0.29, 0.717) is 24.5 Å². The maximum Gasteiger partial charge on any atom is 0.122 e. The molecule has 1 heterocycles. The van der Waals surface area contributed by atoms with Crippen LogP contribution >= 0.6 is 0 Å². The Balaban J connectivity index is 2.04. The molecule has 2 N–H and O–H groups in total. The van der Waals surface area contributed by atoms with E-state index in [1.54, 1.807) is 6.07 Å². The lowest BCUT2D eigenvalue weighted by Gasteiger charge is -2.12. The fourth-order valence-corrected chi connectivity index (χ4v) is 2.74. The van der Waals surface area contributed by atoms with Crippen molar-refractivity contribution in [2.45, 2.75) is 46.1 Å². The van der Waals surface area contributed by atoms with E-state index in [1.807, 2.05) is 35.8 Å². The van der Waals surface area contributed by atoms with E-state index in [1.165, 1.54) is 18.4 Å². The normalized spacial score (nSPS) is 10.5. The summed E-state index contributed by atoms with van der Waals surface area (Å²) >= 11 is 0. The van der Waals surface area contributed by atoms with Crippen molar-refractivity contribution in [2.24, 2.45) is 0 Å². The van der Waals surface area contributed by atoms with Gasteiger partial charge in [-0.25, -0.2) is 0 Å². The molecule has 0 atom stereocenters. The molecule has 0 saturated heterocycles. The van der Waals surface area contributed by atoms with Crippen LogP contribution in [0.5, 0.6) is 5.75 Å². The van der Waals surface area contributed by atoms with Crippen LogP contribution in [0.4, 0.5) is 5.69 Å². The highest BCUT2D eigenvalue weighted by Gasteiger charge is 2.12. The summed E-state index contributed by atoms with van der Waals surface area (Å²) in [6.45, 7) is 5.38. The fraction of sp³-hybridized carbons (Fsp3) is 0.421. The number of rotatable bonds is 8. The SMILES string of the molecule is CCCCCc1c(N)cc(C#N)n1CCOc1cccc(C)c1. The first kappa shape index (κ1) is 17.0. The molecular formula is C19H25N3O. The molecule has 1 aromatic heterocycles. The van der Waals surface area contributed by atoms with Crippen molar-refractivity contribution in [1.82, 2.24) is 4.57 Å². The molecule has 0 radical (unpaired) electrons. The Hall–Kier alpha value is -2.41. The smallest absolute Gasteiger partial charge is 0.122 e. The molecule has 4 heteroatoms. The fourth-order valence-electron chi connectivity index (χ4n) is 2.74. The van der Waals surface area contributed by atoms with Gasteiger partial charge < -0.3 is 15.0 Å². The van der Waals surface area contributed by atoms with Crippen molar-refractivity contribution in [3.05, 3.63) is 47.3 Å². The number of unbranched alkanes of at least 4 members (excludes halogenated alkanes) is 2. The van der Waals surface area contributed by atoms with Crippen molar-refractivity contribution in [3.63, 3.8) is 0 Å². The summed E-state index contributed by atoms with van der Waals surface area (Å²) in [4.78, 5) is 0. The third-order valence-corrected chi connectivity index (χ3v) is 3.95. The van der Waals surface area contributed by atoms with Crippen LogP contribution in [-0.2, 0) is 13.0 Å². The van der Waals surface area contributed by atoms with Crippen LogP contribution in [0.1, 0.15) is 43.1 Å². The first-order valence-electron chi connectivity index (χ1n) is 8.23. The van der Waals surface area contributed by atoms with Crippen molar-refractivity contribution in [1.29, 1.82) is 5.26 Å². The van der Waals surface area contributed by atoms with Gasteiger partial charge in [0.15, 0.2) is 0 Å². The molecule has 0 unspecified atom stereocenters. The number of ether oxygens (including phenoxy) is 1. The summed E-state index contributed by atoms with van der Waals surface area (Å²) in [6.07, 6.45) is 4.34. The van der Waals surface area contributed by atoms with Crippen LogP contribution in [0.2, 0.25) is 0 Å². The standard InChI is InChI=1S/C19H25N3O/c1-3-4-5-9-19-18(21)13-16(14-20)22(19)10-11-23-17-8-6-7-15(2)12-17/h6-8,12-13H,3-5,9-11,21H2,1-2H3. The number of benzene rings is 1. The Morgan fingerprint density at radius 1 is 1.26 bits per heavy atom. The first-order valence-corrected chi connectivity index (χ1v) is 8.23. The van der Waals surface area contributed by atoms with Crippen molar-refractivity contribution in [3.8, 4) is 11.8 Å². The molecule has 122 valence electrons. The Morgan fingerprint density at radius 3 is 2.78 bits per heavy atom. The van der Waals surface area contributed by atoms with Crippen LogP contribution in [0.15, 0.2) is 30.3 Å². The maximum atomic E-state index is 9.31. The van der Waals surface area contributed by atoms with E-state index in [0.717, 1.165) is 24.3 Å². The van der Waals surface area contributed by atoms with Crippen LogP contribution in [0, 0.1) is 18.3 Å². The minimum atomic E-state index is 0.521. The second kappa shape index (κ2) is 8.28. The summed E-state index contributed by atoms with van der Waals surface area (Å²) in [5, 5.41) is 9.31. The van der Waals surface area contributed by atoms with Gasteiger partial charge >= 0.3 is 0 Å². The first-order chi connectivity index (χ1) is 11.2. The number of nitrogen functional groups attached to an aromatic ring is 1. The van der Waals surface area contributed by atoms with Crippen LogP contribution in [-0.4, -0.2) is 11.2 Å². The predicted octanol–water partition coefficient (Wildman–Crippen LogP) is 4.06. The largest absolute Gasteiger partial charge is 0.492 e. The van der Waals surface area contributed by atoms with Gasteiger partial charge in [-0.05, 0) is 43.5 Å². The molecule has 1 aromatic carbocycles. The number of nitriles is 1. The lowest BCUT2D eigenvalue weighted by Crippen LogP contribution is -2.13. The number of aromatic nitrogens is 1. The third kappa shape index (κ3) is 4.53. The monoisotopic (exact) mass is 311 g/mol. The Labute approximate surface area is 138 Å². The van der Waals surface area contributed by atoms with Gasteiger partial charge in [-0.1, -0.05) is 31.9 Å². The molecule has 0 aliphatic rings. The van der Waals surface area contributed by atoms with Crippen molar-refractivity contribution < 1.29 is 4.74 Å². The van der Waals surface area contributed by atoms with Crippen LogP contribution in [0.25, 0.3) is 0 Å². The third-order valence-electron chi connectivity index (χ3n) is 3.95. The molecule has 2 aromatic rings. The number of anilines is 1. The highest BCUT2D eigenvalue weighted by atomic mass is 16.5. The van der Waals surface area contributed by atoms with E-state index in [9.17, 15) is 5.26 Å². The summed E-state index contributed by atoms with van der Waals surface area (Å²) in [5.41, 5.74) is 9.65. The van der Waals surface area contributed by atoms with Crippen LogP contribution in [0.3, 0.4) is 0 Å². The van der Waals surface area contributed by atoms with Gasteiger partial charge in [-0.2, -0.15) is 5.26 Å². The quantitative estimate of drug-likeness (QED) is 0.748. The minimum Gasteiger partial charge on any atom is -0.492 e. The number of nitrogens with two attached hydrogens (primary N) is 1. The molecule has 0 spiro atoms. The van der Waals surface area contributed by atoms with E-state index < -0.39 is 0 Å². The second-order valence-corrected chi connectivity index (χ2v) is 5.82. The molecular weight excluding hydrogens is 286 g/mol. The Bertz CT molecular complexity index is 682. The van der Waals surface area contributed by atoms with Crippen LogP contribution < -0.4 is 10.5 Å². The molecule has 0 aliphatic heterocycles. The van der Waals surface area contributed by atoms with E-state index in [4.69, 9.17) is 10.5 Å². The van der Waals surface area contributed by atoms with Gasteiger partial charge in [0.2, 0.25) is 0 Å². The highest BCUT2D eigenvalue weighted by molar-refractivity contribution is 5.50. The van der Waals surface area contributed by atoms with E-state index >= 15 is 0 Å². The van der Waals surface area contributed by atoms with Crippen molar-refractivity contribution in [2.75, 3.05) is 12.3 Å². The average Bonchev–Trinajstić information content (AvgIpc) is 2.84. The maximum absolute atomic E-state index is 9.31. The van der Waals surface area contributed by atoms with E-state index in [2.05, 4.69) is 13.0 Å². The number of nitrogens with zero attached hydrogens (tertiary/aromatic N) is 2. The molecule has 2 rings (SSSR count). The summed E-state index contributed by atoms with van der Waals surface area (Å²) < 4.78 is 7.81. The minimum absolute atomic E-state index is 0.521. The van der Waals surface area contributed by atoms with Gasteiger partial charge in [-0.15, -0.1) is 0 Å². The van der Waals surface area contributed by atoms with E-state index in [-0.39, 0.29) is 0 Å². The molecule has 23 heavy (non-hydrogen) atoms. The lowest BCUT2D eigenvalue weighted by molar-refractivity contribution is 0.296. The topological polar surface area (TPSA) is 64.0 Å². The Morgan fingerprint density at radius 2 is 2.09 bits per heavy atom. The number of aryl methyl sites for hydroxylation is 1. The molecule has 0 saturated carbocycles. The van der Waals surface area contributed by atoms with Gasteiger partial charge in [-0.3, -0.25) is 0 Å². The molecule has 4 nitrogen and oxygen atoms in total. The van der Waals surface area contributed by atoms with Gasteiger partial charge in [0, 0.05) is 5.69 Å². The molecule has 0 fully saturated rings. The van der Waals surface area contributed by atoms with Crippen molar-refractivity contribution >= 4 is 5.69 Å². The number of hydrogen-bond donors (Lipinski definition) is 1. The van der Waals surface area contributed by atoms with Gasteiger partial charge in [0.25, 0.3) is 0 Å². The van der Waals surface area contributed by atoms with Gasteiger partial charge in [0.1, 0.15) is 24.1 Å². The summed E-state index contributed by atoms with van der Waals surface area (Å²) in [7, 11) is 0. The lowest BCUT2D eigenvalue weighted by atomic mass is 10.1. The zero-order chi connectivity index (χ0) is 16.7. The molecule has 0 aliphatic carbocycles.